The number of nitro benzene ring substituents is 1. The molecule has 24 heavy (non-hydrogen) atoms. The summed E-state index contributed by atoms with van der Waals surface area (Å²) in [6, 6.07) is 9.40. The van der Waals surface area contributed by atoms with E-state index in [1.807, 2.05) is 0 Å². The number of hydrogen-bond donors (Lipinski definition) is 0. The third-order valence-corrected chi connectivity index (χ3v) is 3.50. The first-order valence-corrected chi connectivity index (χ1v) is 7.04. The van der Waals surface area contributed by atoms with E-state index in [0.717, 1.165) is 0 Å². The first-order chi connectivity index (χ1) is 11.4. The predicted octanol–water partition coefficient (Wildman–Crippen LogP) is 3.73. The Hall–Kier alpha value is -3.06. The van der Waals surface area contributed by atoms with Crippen LogP contribution in [0.25, 0.3) is 6.08 Å². The fourth-order valence-electron chi connectivity index (χ4n) is 2.04. The number of rotatable bonds is 3. The van der Waals surface area contributed by atoms with Crippen LogP contribution in [0.15, 0.2) is 53.2 Å². The number of halogens is 2. The minimum atomic E-state index is -0.702. The van der Waals surface area contributed by atoms with Gasteiger partial charge >= 0.3 is 5.97 Å². The molecule has 0 amide bonds. The van der Waals surface area contributed by atoms with Gasteiger partial charge in [-0.3, -0.25) is 10.1 Å². The smallest absolute Gasteiger partial charge is 0.363 e. The van der Waals surface area contributed by atoms with Gasteiger partial charge in [0.1, 0.15) is 10.8 Å². The van der Waals surface area contributed by atoms with Gasteiger partial charge in [0.2, 0.25) is 5.90 Å². The lowest BCUT2D eigenvalue weighted by Crippen LogP contribution is -2.05. The maximum absolute atomic E-state index is 12.9. The SMILES string of the molecule is O=C1OC(c2ccc(F)cc2)=NC1=Cc1ccc(Cl)c([N+](=O)[O-])c1. The molecule has 0 fully saturated rings. The summed E-state index contributed by atoms with van der Waals surface area (Å²) in [6.45, 7) is 0. The molecule has 0 spiro atoms. The van der Waals surface area contributed by atoms with E-state index in [-0.39, 0.29) is 22.3 Å². The van der Waals surface area contributed by atoms with Crippen LogP contribution in [0.1, 0.15) is 11.1 Å². The van der Waals surface area contributed by atoms with Gasteiger partial charge in [0, 0.05) is 11.6 Å². The maximum Gasteiger partial charge on any atom is 0.363 e. The summed E-state index contributed by atoms with van der Waals surface area (Å²) in [4.78, 5) is 26.2. The van der Waals surface area contributed by atoms with Crippen LogP contribution in [0.4, 0.5) is 10.1 Å². The molecule has 2 aromatic rings. The van der Waals surface area contributed by atoms with Crippen molar-refractivity contribution in [2.75, 3.05) is 0 Å². The number of benzene rings is 2. The van der Waals surface area contributed by atoms with E-state index < -0.39 is 16.7 Å². The molecule has 0 atom stereocenters. The van der Waals surface area contributed by atoms with Crippen molar-refractivity contribution in [3.63, 3.8) is 0 Å². The lowest BCUT2D eigenvalue weighted by molar-refractivity contribution is -0.384. The minimum absolute atomic E-state index is 0.00773. The van der Waals surface area contributed by atoms with Crippen molar-refractivity contribution in [3.05, 3.63) is 80.2 Å². The number of nitrogens with zero attached hydrogens (tertiary/aromatic N) is 2. The van der Waals surface area contributed by atoms with Crippen LogP contribution >= 0.6 is 11.6 Å². The number of carbonyl (C=O) groups excluding carboxylic acids is 1. The van der Waals surface area contributed by atoms with Gasteiger partial charge in [0.15, 0.2) is 5.70 Å². The molecule has 6 nitrogen and oxygen atoms in total. The molecule has 0 N–H and O–H groups in total. The predicted molar refractivity (Wildman–Crippen MR) is 85.1 cm³/mol. The molecule has 1 heterocycles. The Morgan fingerprint density at radius 3 is 2.58 bits per heavy atom. The Bertz CT molecular complexity index is 907. The van der Waals surface area contributed by atoms with Gasteiger partial charge in [-0.15, -0.1) is 0 Å². The topological polar surface area (TPSA) is 81.8 Å². The fourth-order valence-corrected chi connectivity index (χ4v) is 2.23. The van der Waals surface area contributed by atoms with Gasteiger partial charge in [0.05, 0.1) is 4.92 Å². The summed E-state index contributed by atoms with van der Waals surface area (Å²) in [5.74, 6) is -1.09. The van der Waals surface area contributed by atoms with Crippen LogP contribution in [0, 0.1) is 15.9 Å². The second kappa shape index (κ2) is 6.21. The van der Waals surface area contributed by atoms with Crippen molar-refractivity contribution in [2.24, 2.45) is 4.99 Å². The third-order valence-electron chi connectivity index (χ3n) is 3.18. The molecule has 0 saturated carbocycles. The Kier molecular flexibility index (Phi) is 4.09. The number of cyclic esters (lactones) is 1. The number of carbonyl (C=O) groups is 1. The van der Waals surface area contributed by atoms with Crippen molar-refractivity contribution >= 4 is 35.2 Å². The second-order valence-electron chi connectivity index (χ2n) is 4.81. The Labute approximate surface area is 140 Å². The third kappa shape index (κ3) is 3.16. The summed E-state index contributed by atoms with van der Waals surface area (Å²) < 4.78 is 18.0. The summed E-state index contributed by atoms with van der Waals surface area (Å²) in [5, 5.41) is 10.9. The van der Waals surface area contributed by atoms with E-state index in [1.54, 1.807) is 0 Å². The zero-order chi connectivity index (χ0) is 17.3. The molecule has 0 unspecified atom stereocenters. The Morgan fingerprint density at radius 1 is 1.21 bits per heavy atom. The van der Waals surface area contributed by atoms with Crippen LogP contribution in [0.3, 0.4) is 0 Å². The number of aliphatic imine (C=N–C) groups is 1. The van der Waals surface area contributed by atoms with Crippen molar-refractivity contribution in [1.29, 1.82) is 0 Å². The van der Waals surface area contributed by atoms with E-state index >= 15 is 0 Å². The van der Waals surface area contributed by atoms with Gasteiger partial charge in [-0.05, 0) is 42.0 Å². The highest BCUT2D eigenvalue weighted by atomic mass is 35.5. The monoisotopic (exact) mass is 346 g/mol. The molecule has 120 valence electrons. The van der Waals surface area contributed by atoms with Crippen molar-refractivity contribution in [3.8, 4) is 0 Å². The lowest BCUT2D eigenvalue weighted by Gasteiger charge is -1.98. The van der Waals surface area contributed by atoms with Gasteiger partial charge in [-0.2, -0.15) is 0 Å². The Balaban J connectivity index is 1.95. The van der Waals surface area contributed by atoms with Gasteiger partial charge in [0.25, 0.3) is 5.69 Å². The van der Waals surface area contributed by atoms with Crippen molar-refractivity contribution < 1.29 is 18.8 Å². The Morgan fingerprint density at radius 2 is 1.92 bits per heavy atom. The number of ether oxygens (including phenoxy) is 1. The zero-order valence-electron chi connectivity index (χ0n) is 11.9. The van der Waals surface area contributed by atoms with Crippen LogP contribution in [-0.4, -0.2) is 16.8 Å². The summed E-state index contributed by atoms with van der Waals surface area (Å²) in [5.41, 5.74) is 0.517. The molecule has 1 aliphatic rings. The summed E-state index contributed by atoms with van der Waals surface area (Å²) in [7, 11) is 0. The van der Waals surface area contributed by atoms with Crippen LogP contribution in [0.2, 0.25) is 5.02 Å². The van der Waals surface area contributed by atoms with Gasteiger partial charge < -0.3 is 4.74 Å². The van der Waals surface area contributed by atoms with Crippen LogP contribution in [-0.2, 0) is 9.53 Å². The molecule has 2 aromatic carbocycles. The van der Waals surface area contributed by atoms with E-state index in [1.165, 1.54) is 48.5 Å². The number of nitro groups is 1. The molecule has 0 radical (unpaired) electrons. The summed E-state index contributed by atoms with van der Waals surface area (Å²) >= 11 is 5.74. The van der Waals surface area contributed by atoms with Crippen molar-refractivity contribution in [2.45, 2.75) is 0 Å². The molecule has 0 bridgehead atoms. The number of esters is 1. The molecule has 0 aliphatic carbocycles. The first kappa shape index (κ1) is 15.8. The second-order valence-corrected chi connectivity index (χ2v) is 5.22. The van der Waals surface area contributed by atoms with E-state index in [0.29, 0.717) is 11.1 Å². The molecule has 0 aromatic heterocycles. The highest BCUT2D eigenvalue weighted by Gasteiger charge is 2.24. The van der Waals surface area contributed by atoms with Crippen molar-refractivity contribution in [1.82, 2.24) is 0 Å². The molecule has 1 aliphatic heterocycles. The summed E-state index contributed by atoms with van der Waals surface area (Å²) in [6.07, 6.45) is 1.35. The van der Waals surface area contributed by atoms with E-state index in [2.05, 4.69) is 4.99 Å². The zero-order valence-corrected chi connectivity index (χ0v) is 12.7. The van der Waals surface area contributed by atoms with Gasteiger partial charge in [-0.1, -0.05) is 17.7 Å². The normalized spacial score (nSPS) is 15.3. The van der Waals surface area contributed by atoms with E-state index in [4.69, 9.17) is 16.3 Å². The van der Waals surface area contributed by atoms with Crippen LogP contribution in [0.5, 0.6) is 0 Å². The molecule has 8 heteroatoms. The average molecular weight is 347 g/mol. The lowest BCUT2D eigenvalue weighted by atomic mass is 10.1. The quantitative estimate of drug-likeness (QED) is 0.367. The molecular weight excluding hydrogens is 339 g/mol. The van der Waals surface area contributed by atoms with Crippen LogP contribution < -0.4 is 0 Å². The first-order valence-electron chi connectivity index (χ1n) is 6.66. The van der Waals surface area contributed by atoms with E-state index in [9.17, 15) is 19.3 Å². The molecule has 0 saturated heterocycles. The minimum Gasteiger partial charge on any atom is -0.402 e. The highest BCUT2D eigenvalue weighted by Crippen LogP contribution is 2.27. The largest absolute Gasteiger partial charge is 0.402 e. The molecular formula is C16H8ClFN2O4. The molecule has 3 rings (SSSR count). The van der Waals surface area contributed by atoms with Gasteiger partial charge in [-0.25, -0.2) is 14.2 Å². The standard InChI is InChI=1S/C16H8ClFN2O4/c17-12-6-1-9(8-14(12)20(22)23)7-13-16(21)24-15(19-13)10-2-4-11(18)5-3-10/h1-8H. The maximum atomic E-state index is 12.9. The average Bonchev–Trinajstić information content (AvgIpc) is 2.90. The number of hydrogen-bond acceptors (Lipinski definition) is 5. The fraction of sp³-hybridized carbons (Fsp3) is 0. The highest BCUT2D eigenvalue weighted by molar-refractivity contribution is 6.32.